The number of carbonyl (C=O) groups is 1. The maximum absolute atomic E-state index is 12.5. The number of nitrogens with zero attached hydrogens (tertiary/aromatic N) is 2. The quantitative estimate of drug-likeness (QED) is 0.758. The Kier molecular flexibility index (Phi) is 4.68. The van der Waals surface area contributed by atoms with Gasteiger partial charge in [-0.05, 0) is 26.0 Å². The molecule has 118 valence electrons. The van der Waals surface area contributed by atoms with Crippen LogP contribution in [0.25, 0.3) is 0 Å². The van der Waals surface area contributed by atoms with Gasteiger partial charge in [-0.15, -0.1) is 22.7 Å². The van der Waals surface area contributed by atoms with Gasteiger partial charge in [0.2, 0.25) is 0 Å². The van der Waals surface area contributed by atoms with E-state index in [1.807, 2.05) is 31.4 Å². The Balaban J connectivity index is 1.74. The third-order valence-corrected chi connectivity index (χ3v) is 4.86. The highest BCUT2D eigenvalue weighted by Gasteiger charge is 2.15. The highest BCUT2D eigenvalue weighted by molar-refractivity contribution is 7.15. The van der Waals surface area contributed by atoms with Crippen LogP contribution in [0.4, 0.5) is 5.13 Å². The molecule has 0 radical (unpaired) electrons. The van der Waals surface area contributed by atoms with Crippen LogP contribution < -0.4 is 10.1 Å². The van der Waals surface area contributed by atoms with Crippen molar-refractivity contribution >= 4 is 33.7 Å². The van der Waals surface area contributed by atoms with E-state index >= 15 is 0 Å². The van der Waals surface area contributed by atoms with Crippen molar-refractivity contribution in [3.63, 3.8) is 0 Å². The first-order chi connectivity index (χ1) is 11.1. The number of hydrogen-bond acceptors (Lipinski definition) is 6. The smallest absolute Gasteiger partial charge is 0.261 e. The van der Waals surface area contributed by atoms with Crippen molar-refractivity contribution < 1.29 is 9.53 Å². The predicted molar refractivity (Wildman–Crippen MR) is 92.4 cm³/mol. The number of carbonyl (C=O) groups excluding carboxylic acids is 1. The summed E-state index contributed by atoms with van der Waals surface area (Å²) >= 11 is 2.98. The number of rotatable bonds is 5. The van der Waals surface area contributed by atoms with Gasteiger partial charge in [-0.3, -0.25) is 10.1 Å². The van der Waals surface area contributed by atoms with Crippen LogP contribution in [-0.2, 0) is 6.61 Å². The Morgan fingerprint density at radius 3 is 2.83 bits per heavy atom. The zero-order chi connectivity index (χ0) is 16.2. The normalized spacial score (nSPS) is 10.5. The van der Waals surface area contributed by atoms with Crippen LogP contribution >= 0.6 is 22.7 Å². The van der Waals surface area contributed by atoms with Crippen molar-refractivity contribution in [2.24, 2.45) is 0 Å². The van der Waals surface area contributed by atoms with E-state index in [9.17, 15) is 4.79 Å². The second kappa shape index (κ2) is 6.89. The number of para-hydroxylation sites is 1. The molecule has 23 heavy (non-hydrogen) atoms. The summed E-state index contributed by atoms with van der Waals surface area (Å²) in [7, 11) is 0. The van der Waals surface area contributed by atoms with Crippen LogP contribution in [0.3, 0.4) is 0 Å². The van der Waals surface area contributed by atoms with E-state index < -0.39 is 0 Å². The fraction of sp³-hybridized carbons (Fsp3) is 0.188. The van der Waals surface area contributed by atoms with E-state index in [0.717, 1.165) is 16.3 Å². The average molecular weight is 345 g/mol. The van der Waals surface area contributed by atoms with Gasteiger partial charge in [-0.1, -0.05) is 12.1 Å². The van der Waals surface area contributed by atoms with E-state index in [0.29, 0.717) is 23.1 Å². The molecule has 1 amide bonds. The molecule has 3 rings (SSSR count). The van der Waals surface area contributed by atoms with Crippen molar-refractivity contribution in [2.45, 2.75) is 20.5 Å². The summed E-state index contributed by atoms with van der Waals surface area (Å²) in [4.78, 5) is 22.1. The third-order valence-electron chi connectivity index (χ3n) is 3.24. The summed E-state index contributed by atoms with van der Waals surface area (Å²) in [6.45, 7) is 4.24. The van der Waals surface area contributed by atoms with Crippen molar-refractivity contribution in [3.8, 4) is 5.75 Å². The minimum atomic E-state index is -0.229. The number of anilines is 1. The predicted octanol–water partition coefficient (Wildman–Crippen LogP) is 4.05. The minimum Gasteiger partial charge on any atom is -0.486 e. The fourth-order valence-corrected chi connectivity index (χ4v) is 3.28. The molecule has 0 fully saturated rings. The van der Waals surface area contributed by atoms with Gasteiger partial charge in [0, 0.05) is 10.3 Å². The molecule has 0 aliphatic heterocycles. The third kappa shape index (κ3) is 3.75. The molecule has 0 saturated heterocycles. The number of amides is 1. The van der Waals surface area contributed by atoms with Crippen LogP contribution in [0.15, 0.2) is 35.2 Å². The van der Waals surface area contributed by atoms with Gasteiger partial charge < -0.3 is 4.74 Å². The number of benzene rings is 1. The highest BCUT2D eigenvalue weighted by Crippen LogP contribution is 2.24. The molecule has 0 unspecified atom stereocenters. The Morgan fingerprint density at radius 1 is 1.30 bits per heavy atom. The molecular weight excluding hydrogens is 330 g/mol. The molecule has 3 aromatic rings. The van der Waals surface area contributed by atoms with Gasteiger partial charge in [-0.25, -0.2) is 9.97 Å². The van der Waals surface area contributed by atoms with E-state index in [1.165, 1.54) is 22.7 Å². The second-order valence-electron chi connectivity index (χ2n) is 4.88. The Morgan fingerprint density at radius 2 is 2.13 bits per heavy atom. The van der Waals surface area contributed by atoms with Gasteiger partial charge in [0.05, 0.1) is 22.5 Å². The zero-order valence-corrected chi connectivity index (χ0v) is 14.3. The number of thiazole rings is 2. The monoisotopic (exact) mass is 345 g/mol. The van der Waals surface area contributed by atoms with E-state index in [4.69, 9.17) is 4.74 Å². The molecule has 0 spiro atoms. The summed E-state index contributed by atoms with van der Waals surface area (Å²) in [6.07, 6.45) is 0. The standard InChI is InChI=1S/C16H15N3O2S2/c1-10-11(2)23-16(18-10)19-15(20)13-5-3-4-6-14(13)21-7-12-8-22-9-17-12/h3-6,8-9H,7H2,1-2H3,(H,18,19,20). The molecule has 0 saturated carbocycles. The summed E-state index contributed by atoms with van der Waals surface area (Å²) in [5.41, 5.74) is 4.01. The lowest BCUT2D eigenvalue weighted by Crippen LogP contribution is -2.13. The van der Waals surface area contributed by atoms with Gasteiger partial charge in [0.15, 0.2) is 5.13 Å². The first-order valence-corrected chi connectivity index (χ1v) is 8.73. The van der Waals surface area contributed by atoms with Crippen LogP contribution in [0.1, 0.15) is 26.6 Å². The zero-order valence-electron chi connectivity index (χ0n) is 12.7. The highest BCUT2D eigenvalue weighted by atomic mass is 32.1. The second-order valence-corrected chi connectivity index (χ2v) is 6.80. The van der Waals surface area contributed by atoms with E-state index in [1.54, 1.807) is 17.6 Å². The van der Waals surface area contributed by atoms with E-state index in [-0.39, 0.29) is 5.91 Å². The van der Waals surface area contributed by atoms with Gasteiger partial charge in [0.1, 0.15) is 12.4 Å². The van der Waals surface area contributed by atoms with Crippen LogP contribution in [0.5, 0.6) is 5.75 Å². The molecule has 7 heteroatoms. The Labute approximate surface area is 142 Å². The molecule has 2 heterocycles. The van der Waals surface area contributed by atoms with Crippen LogP contribution in [0, 0.1) is 13.8 Å². The Bertz CT molecular complexity index is 793. The van der Waals surface area contributed by atoms with E-state index in [2.05, 4.69) is 15.3 Å². The number of nitrogens with one attached hydrogen (secondary N) is 1. The minimum absolute atomic E-state index is 0.229. The number of ether oxygens (including phenoxy) is 1. The topological polar surface area (TPSA) is 64.1 Å². The molecule has 0 aliphatic rings. The number of aromatic nitrogens is 2. The SMILES string of the molecule is Cc1nc(NC(=O)c2ccccc2OCc2cscn2)sc1C. The molecule has 0 atom stereocenters. The van der Waals surface area contributed by atoms with Crippen molar-refractivity contribution in [3.05, 3.63) is 57.0 Å². The number of hydrogen-bond donors (Lipinski definition) is 1. The lowest BCUT2D eigenvalue weighted by molar-refractivity contribution is 0.102. The largest absolute Gasteiger partial charge is 0.486 e. The summed E-state index contributed by atoms with van der Waals surface area (Å²) in [5.74, 6) is 0.302. The summed E-state index contributed by atoms with van der Waals surface area (Å²) < 4.78 is 5.74. The van der Waals surface area contributed by atoms with Gasteiger partial charge >= 0.3 is 0 Å². The summed E-state index contributed by atoms with van der Waals surface area (Å²) in [5, 5.41) is 5.35. The molecule has 0 aliphatic carbocycles. The molecule has 1 N–H and O–H groups in total. The van der Waals surface area contributed by atoms with Crippen molar-refractivity contribution in [2.75, 3.05) is 5.32 Å². The summed E-state index contributed by atoms with van der Waals surface area (Å²) in [6, 6.07) is 7.16. The van der Waals surface area contributed by atoms with Crippen molar-refractivity contribution in [1.29, 1.82) is 0 Å². The van der Waals surface area contributed by atoms with Crippen molar-refractivity contribution in [1.82, 2.24) is 9.97 Å². The molecule has 1 aromatic carbocycles. The average Bonchev–Trinajstić information content (AvgIpc) is 3.16. The maximum Gasteiger partial charge on any atom is 0.261 e. The van der Waals surface area contributed by atoms with Gasteiger partial charge in [0.25, 0.3) is 5.91 Å². The molecule has 5 nitrogen and oxygen atoms in total. The lowest BCUT2D eigenvalue weighted by atomic mass is 10.2. The Hall–Kier alpha value is -2.25. The van der Waals surface area contributed by atoms with Crippen LogP contribution in [0.2, 0.25) is 0 Å². The molecular formula is C16H15N3O2S2. The first kappa shape index (κ1) is 15.6. The molecule has 0 bridgehead atoms. The molecule has 2 aromatic heterocycles. The van der Waals surface area contributed by atoms with Gasteiger partial charge in [-0.2, -0.15) is 0 Å². The number of aryl methyl sites for hydroxylation is 2. The van der Waals surface area contributed by atoms with Crippen LogP contribution in [-0.4, -0.2) is 15.9 Å². The lowest BCUT2D eigenvalue weighted by Gasteiger charge is -2.09. The first-order valence-electron chi connectivity index (χ1n) is 6.98. The maximum atomic E-state index is 12.5. The fourth-order valence-electron chi connectivity index (χ4n) is 1.93.